The van der Waals surface area contributed by atoms with E-state index in [4.69, 9.17) is 0 Å². The summed E-state index contributed by atoms with van der Waals surface area (Å²) in [6.07, 6.45) is 1.40. The lowest BCUT2D eigenvalue weighted by molar-refractivity contribution is 0.0965. The first-order chi connectivity index (χ1) is 8.49. The molecule has 2 aromatic rings. The van der Waals surface area contributed by atoms with Crippen LogP contribution in [0.2, 0.25) is 0 Å². The first kappa shape index (κ1) is 12.3. The van der Waals surface area contributed by atoms with Gasteiger partial charge in [0.05, 0.1) is 0 Å². The Morgan fingerprint density at radius 1 is 1.33 bits per heavy atom. The summed E-state index contributed by atoms with van der Waals surface area (Å²) in [7, 11) is 1.61. The maximum absolute atomic E-state index is 12.1. The zero-order valence-corrected chi connectivity index (χ0v) is 10.7. The van der Waals surface area contributed by atoms with Gasteiger partial charge in [-0.15, -0.1) is 0 Å². The van der Waals surface area contributed by atoms with E-state index in [0.29, 0.717) is 5.56 Å². The molecule has 5 heteroatoms. The van der Waals surface area contributed by atoms with Crippen LogP contribution in [-0.4, -0.2) is 20.1 Å². The molecule has 0 bridgehead atoms. The number of carbonyl (C=O) groups excluding carboxylic acids is 1. The molecule has 18 heavy (non-hydrogen) atoms. The third-order valence-corrected chi connectivity index (χ3v) is 2.87. The van der Waals surface area contributed by atoms with Gasteiger partial charge in [0, 0.05) is 12.6 Å². The second-order valence-electron chi connectivity index (χ2n) is 4.42. The van der Waals surface area contributed by atoms with Crippen LogP contribution in [0.4, 0.5) is 0 Å². The van der Waals surface area contributed by atoms with Gasteiger partial charge in [-0.05, 0) is 25.5 Å². The average molecular weight is 245 g/mol. The van der Waals surface area contributed by atoms with Crippen LogP contribution in [0, 0.1) is 13.8 Å². The van der Waals surface area contributed by atoms with E-state index in [-0.39, 0.29) is 18.0 Å². The Balaban J connectivity index is 2.30. The number of rotatable bonds is 3. The zero-order chi connectivity index (χ0) is 13.3. The molecular formula is C13H15N3O2. The van der Waals surface area contributed by atoms with Gasteiger partial charge in [-0.25, -0.2) is 9.48 Å². The van der Waals surface area contributed by atoms with Crippen LogP contribution in [0.1, 0.15) is 21.5 Å². The summed E-state index contributed by atoms with van der Waals surface area (Å²) in [5.74, 6) is -0.1000. The topological polar surface area (TPSA) is 56.9 Å². The standard InChI is InChI=1S/C13H15N3O2/c1-9-4-5-10(2)11(6-9)12(17)7-16-13(18)15(3)8-14-16/h4-6,8H,7H2,1-3H3. The normalized spacial score (nSPS) is 10.6. The van der Waals surface area contributed by atoms with Gasteiger partial charge >= 0.3 is 5.69 Å². The van der Waals surface area contributed by atoms with Crippen molar-refractivity contribution in [3.63, 3.8) is 0 Å². The Kier molecular flexibility index (Phi) is 3.14. The molecule has 94 valence electrons. The lowest BCUT2D eigenvalue weighted by Crippen LogP contribution is -2.26. The summed E-state index contributed by atoms with van der Waals surface area (Å²) in [6.45, 7) is 3.79. The molecule has 0 amide bonds. The fourth-order valence-corrected chi connectivity index (χ4v) is 1.79. The van der Waals surface area contributed by atoms with E-state index in [2.05, 4.69) is 5.10 Å². The number of aromatic nitrogens is 3. The Morgan fingerprint density at radius 2 is 2.06 bits per heavy atom. The van der Waals surface area contributed by atoms with Gasteiger partial charge in [-0.2, -0.15) is 5.10 Å². The zero-order valence-electron chi connectivity index (χ0n) is 10.7. The Bertz CT molecular complexity index is 652. The quantitative estimate of drug-likeness (QED) is 0.760. The molecule has 0 unspecified atom stereocenters. The van der Waals surface area contributed by atoms with E-state index in [1.165, 1.54) is 15.6 Å². The van der Waals surface area contributed by atoms with E-state index in [1.807, 2.05) is 32.0 Å². The number of carbonyl (C=O) groups is 1. The summed E-state index contributed by atoms with van der Waals surface area (Å²) in [5, 5.41) is 3.88. The maximum atomic E-state index is 12.1. The number of ketones is 1. The lowest BCUT2D eigenvalue weighted by atomic mass is 10.0. The molecule has 0 aliphatic carbocycles. The van der Waals surface area contributed by atoms with Gasteiger partial charge in [0.1, 0.15) is 12.9 Å². The van der Waals surface area contributed by atoms with Gasteiger partial charge in [0.25, 0.3) is 0 Å². The van der Waals surface area contributed by atoms with Crippen molar-refractivity contribution >= 4 is 5.78 Å². The first-order valence-electron chi connectivity index (χ1n) is 5.68. The molecule has 5 nitrogen and oxygen atoms in total. The average Bonchev–Trinajstić information content (AvgIpc) is 2.64. The Morgan fingerprint density at radius 3 is 2.67 bits per heavy atom. The van der Waals surface area contributed by atoms with Crippen molar-refractivity contribution in [1.29, 1.82) is 0 Å². The molecule has 0 N–H and O–H groups in total. The number of nitrogens with zero attached hydrogens (tertiary/aromatic N) is 3. The third-order valence-electron chi connectivity index (χ3n) is 2.87. The highest BCUT2D eigenvalue weighted by Crippen LogP contribution is 2.11. The van der Waals surface area contributed by atoms with Gasteiger partial charge in [-0.1, -0.05) is 17.7 Å². The molecule has 0 atom stereocenters. The molecule has 1 aromatic heterocycles. The van der Waals surface area contributed by atoms with Crippen molar-refractivity contribution < 1.29 is 4.79 Å². The summed E-state index contributed by atoms with van der Waals surface area (Å²) in [4.78, 5) is 23.7. The molecule has 0 fully saturated rings. The molecule has 0 saturated carbocycles. The summed E-state index contributed by atoms with van der Waals surface area (Å²) in [6, 6.07) is 5.70. The van der Waals surface area contributed by atoms with Gasteiger partial charge < -0.3 is 0 Å². The van der Waals surface area contributed by atoms with Crippen molar-refractivity contribution in [2.75, 3.05) is 0 Å². The molecule has 0 aliphatic rings. The van der Waals surface area contributed by atoms with E-state index in [1.54, 1.807) is 7.05 Å². The Hall–Kier alpha value is -2.17. The number of hydrogen-bond acceptors (Lipinski definition) is 3. The van der Waals surface area contributed by atoms with Crippen LogP contribution < -0.4 is 5.69 Å². The summed E-state index contributed by atoms with van der Waals surface area (Å²) >= 11 is 0. The molecule has 1 aromatic carbocycles. The highest BCUT2D eigenvalue weighted by molar-refractivity contribution is 5.97. The highest BCUT2D eigenvalue weighted by Gasteiger charge is 2.12. The summed E-state index contributed by atoms with van der Waals surface area (Å²) < 4.78 is 2.51. The van der Waals surface area contributed by atoms with Gasteiger partial charge in [-0.3, -0.25) is 9.36 Å². The van der Waals surface area contributed by atoms with Gasteiger partial charge in [0.2, 0.25) is 0 Å². The van der Waals surface area contributed by atoms with Crippen LogP contribution in [0.25, 0.3) is 0 Å². The molecule has 0 saturated heterocycles. The number of Topliss-reactive ketones (excluding diaryl/α,β-unsaturated/α-hetero) is 1. The van der Waals surface area contributed by atoms with Crippen LogP contribution in [0.15, 0.2) is 29.3 Å². The second-order valence-corrected chi connectivity index (χ2v) is 4.42. The molecule has 0 spiro atoms. The van der Waals surface area contributed by atoms with Crippen molar-refractivity contribution in [3.8, 4) is 0 Å². The second kappa shape index (κ2) is 4.60. The predicted octanol–water partition coefficient (Wildman–Crippen LogP) is 1.08. The van der Waals surface area contributed by atoms with E-state index < -0.39 is 0 Å². The number of benzene rings is 1. The van der Waals surface area contributed by atoms with Crippen molar-refractivity contribution in [2.24, 2.45) is 7.05 Å². The lowest BCUT2D eigenvalue weighted by Gasteiger charge is -2.05. The number of aryl methyl sites for hydroxylation is 3. The monoisotopic (exact) mass is 245 g/mol. The molecule has 0 aliphatic heterocycles. The smallest absolute Gasteiger partial charge is 0.292 e. The largest absolute Gasteiger partial charge is 0.345 e. The van der Waals surface area contributed by atoms with Crippen LogP contribution in [0.3, 0.4) is 0 Å². The molecule has 2 rings (SSSR count). The predicted molar refractivity (Wildman–Crippen MR) is 67.7 cm³/mol. The van der Waals surface area contributed by atoms with Gasteiger partial charge in [0.15, 0.2) is 5.78 Å². The summed E-state index contributed by atoms with van der Waals surface area (Å²) in [5.41, 5.74) is 2.30. The fourth-order valence-electron chi connectivity index (χ4n) is 1.79. The maximum Gasteiger partial charge on any atom is 0.345 e. The minimum absolute atomic E-state index is 0.0238. The SMILES string of the molecule is Cc1ccc(C)c(C(=O)Cn2ncn(C)c2=O)c1. The van der Waals surface area contributed by atoms with E-state index >= 15 is 0 Å². The van der Waals surface area contributed by atoms with E-state index in [0.717, 1.165) is 11.1 Å². The number of hydrogen-bond donors (Lipinski definition) is 0. The fraction of sp³-hybridized carbons (Fsp3) is 0.308. The minimum Gasteiger partial charge on any atom is -0.292 e. The van der Waals surface area contributed by atoms with Crippen molar-refractivity contribution in [1.82, 2.24) is 14.3 Å². The molecule has 0 radical (unpaired) electrons. The van der Waals surface area contributed by atoms with E-state index in [9.17, 15) is 9.59 Å². The molecule has 1 heterocycles. The Labute approximate surface area is 105 Å². The van der Waals surface area contributed by atoms with Crippen molar-refractivity contribution in [2.45, 2.75) is 20.4 Å². The van der Waals surface area contributed by atoms with Crippen molar-refractivity contribution in [3.05, 3.63) is 51.7 Å². The minimum atomic E-state index is -0.284. The highest BCUT2D eigenvalue weighted by atomic mass is 16.2. The van der Waals surface area contributed by atoms with Crippen LogP contribution in [-0.2, 0) is 13.6 Å². The van der Waals surface area contributed by atoms with Crippen LogP contribution >= 0.6 is 0 Å². The first-order valence-corrected chi connectivity index (χ1v) is 5.68. The third kappa shape index (κ3) is 2.25. The molecular weight excluding hydrogens is 230 g/mol. The van der Waals surface area contributed by atoms with Crippen LogP contribution in [0.5, 0.6) is 0 Å².